The maximum atomic E-state index is 12.5. The van der Waals surface area contributed by atoms with Gasteiger partial charge in [0.1, 0.15) is 11.5 Å². The molecule has 1 amide bonds. The maximum absolute atomic E-state index is 12.5. The van der Waals surface area contributed by atoms with E-state index in [4.69, 9.17) is 4.42 Å². The Morgan fingerprint density at radius 3 is 3.14 bits per heavy atom. The Balaban J connectivity index is 1.78. The molecule has 21 heavy (non-hydrogen) atoms. The Bertz CT molecular complexity index is 605. The normalized spacial score (nSPS) is 19.9. The number of H-pyrrole nitrogens is 1. The topological polar surface area (TPSA) is 82.4 Å². The standard InChI is InChI=1S/C15H19N3O3/c1-2-10-5-6-13(21-10)12-4-3-7-18(12)15(20)14(19)11-8-16-9-17-11/h5-6,8-9,12,14,19H,2-4,7H2,1H3,(H,16,17). The van der Waals surface area contributed by atoms with Gasteiger partial charge in [0.25, 0.3) is 5.91 Å². The van der Waals surface area contributed by atoms with Crippen molar-refractivity contribution in [2.45, 2.75) is 38.3 Å². The fraction of sp³-hybridized carbons (Fsp3) is 0.467. The molecule has 3 heterocycles. The van der Waals surface area contributed by atoms with E-state index in [1.807, 2.05) is 19.1 Å². The molecule has 1 aliphatic rings. The Morgan fingerprint density at radius 2 is 2.48 bits per heavy atom. The Kier molecular flexibility index (Phi) is 3.79. The van der Waals surface area contributed by atoms with Gasteiger partial charge in [-0.3, -0.25) is 4.79 Å². The number of amides is 1. The monoisotopic (exact) mass is 289 g/mol. The van der Waals surface area contributed by atoms with E-state index < -0.39 is 6.10 Å². The van der Waals surface area contributed by atoms with Gasteiger partial charge in [0.15, 0.2) is 6.10 Å². The summed E-state index contributed by atoms with van der Waals surface area (Å²) >= 11 is 0. The van der Waals surface area contributed by atoms with Crippen molar-refractivity contribution >= 4 is 5.91 Å². The number of aliphatic hydroxyl groups is 1. The summed E-state index contributed by atoms with van der Waals surface area (Å²) in [6.07, 6.45) is 4.32. The zero-order chi connectivity index (χ0) is 14.8. The van der Waals surface area contributed by atoms with E-state index >= 15 is 0 Å². The number of aliphatic hydroxyl groups excluding tert-OH is 1. The molecule has 2 aromatic rings. The van der Waals surface area contributed by atoms with Gasteiger partial charge in [-0.05, 0) is 25.0 Å². The highest BCUT2D eigenvalue weighted by Crippen LogP contribution is 2.34. The van der Waals surface area contributed by atoms with Gasteiger partial charge in [0, 0.05) is 13.0 Å². The highest BCUT2D eigenvalue weighted by molar-refractivity contribution is 5.82. The first-order valence-corrected chi connectivity index (χ1v) is 7.26. The van der Waals surface area contributed by atoms with Crippen LogP contribution in [0.1, 0.15) is 49.1 Å². The summed E-state index contributed by atoms with van der Waals surface area (Å²) < 4.78 is 5.77. The minimum absolute atomic E-state index is 0.0876. The second-order valence-corrected chi connectivity index (χ2v) is 5.26. The largest absolute Gasteiger partial charge is 0.464 e. The fourth-order valence-corrected chi connectivity index (χ4v) is 2.80. The van der Waals surface area contributed by atoms with Crippen LogP contribution in [0, 0.1) is 0 Å². The molecule has 0 aromatic carbocycles. The molecule has 6 nitrogen and oxygen atoms in total. The number of rotatable bonds is 4. The summed E-state index contributed by atoms with van der Waals surface area (Å²) in [5.41, 5.74) is 0.416. The second kappa shape index (κ2) is 5.73. The first-order valence-electron chi connectivity index (χ1n) is 7.26. The van der Waals surface area contributed by atoms with Crippen LogP contribution in [0.2, 0.25) is 0 Å². The number of likely N-dealkylation sites (tertiary alicyclic amines) is 1. The number of hydrogen-bond acceptors (Lipinski definition) is 4. The third-order valence-corrected chi connectivity index (χ3v) is 3.94. The van der Waals surface area contributed by atoms with Crippen LogP contribution in [0.15, 0.2) is 29.1 Å². The third kappa shape index (κ3) is 2.58. The number of aryl methyl sites for hydroxylation is 1. The minimum atomic E-state index is -1.20. The molecule has 0 aliphatic carbocycles. The summed E-state index contributed by atoms with van der Waals surface area (Å²) in [5, 5.41) is 10.2. The summed E-state index contributed by atoms with van der Waals surface area (Å²) in [6.45, 7) is 2.67. The van der Waals surface area contributed by atoms with Gasteiger partial charge in [-0.2, -0.15) is 0 Å². The second-order valence-electron chi connectivity index (χ2n) is 5.26. The molecular formula is C15H19N3O3. The number of carbonyl (C=O) groups is 1. The number of carbonyl (C=O) groups excluding carboxylic acids is 1. The van der Waals surface area contributed by atoms with Crippen molar-refractivity contribution in [3.63, 3.8) is 0 Å². The van der Waals surface area contributed by atoms with E-state index in [2.05, 4.69) is 9.97 Å². The van der Waals surface area contributed by atoms with Crippen LogP contribution in [0.5, 0.6) is 0 Å². The van der Waals surface area contributed by atoms with Crippen molar-refractivity contribution in [3.05, 3.63) is 41.9 Å². The van der Waals surface area contributed by atoms with Crippen LogP contribution < -0.4 is 0 Å². The molecule has 2 unspecified atom stereocenters. The molecule has 2 aromatic heterocycles. The Labute approximate surface area is 122 Å². The van der Waals surface area contributed by atoms with Gasteiger partial charge < -0.3 is 19.4 Å². The van der Waals surface area contributed by atoms with Crippen LogP contribution in [0.3, 0.4) is 0 Å². The van der Waals surface area contributed by atoms with E-state index in [1.165, 1.54) is 12.5 Å². The Morgan fingerprint density at radius 1 is 1.62 bits per heavy atom. The van der Waals surface area contributed by atoms with Crippen molar-refractivity contribution in [3.8, 4) is 0 Å². The van der Waals surface area contributed by atoms with Crippen LogP contribution in [-0.4, -0.2) is 32.4 Å². The predicted octanol–water partition coefficient (Wildman–Crippen LogP) is 1.96. The molecular weight excluding hydrogens is 270 g/mol. The number of nitrogens with zero attached hydrogens (tertiary/aromatic N) is 2. The molecule has 0 spiro atoms. The summed E-state index contributed by atoms with van der Waals surface area (Å²) in [7, 11) is 0. The van der Waals surface area contributed by atoms with Crippen LogP contribution in [0.25, 0.3) is 0 Å². The highest BCUT2D eigenvalue weighted by atomic mass is 16.3. The van der Waals surface area contributed by atoms with Gasteiger partial charge in [-0.1, -0.05) is 6.92 Å². The zero-order valence-corrected chi connectivity index (χ0v) is 12.0. The van der Waals surface area contributed by atoms with Gasteiger partial charge in [-0.15, -0.1) is 0 Å². The molecule has 6 heteroatoms. The lowest BCUT2D eigenvalue weighted by Crippen LogP contribution is -2.34. The van der Waals surface area contributed by atoms with Gasteiger partial charge in [0.2, 0.25) is 0 Å². The molecule has 1 aliphatic heterocycles. The number of nitrogens with one attached hydrogen (secondary N) is 1. The molecule has 3 rings (SSSR count). The zero-order valence-electron chi connectivity index (χ0n) is 12.0. The summed E-state index contributed by atoms with van der Waals surface area (Å²) in [5.74, 6) is 1.41. The highest BCUT2D eigenvalue weighted by Gasteiger charge is 2.35. The van der Waals surface area contributed by atoms with E-state index in [0.29, 0.717) is 12.2 Å². The van der Waals surface area contributed by atoms with Crippen molar-refractivity contribution < 1.29 is 14.3 Å². The number of aromatic amines is 1. The summed E-state index contributed by atoms with van der Waals surface area (Å²) in [4.78, 5) is 20.8. The average molecular weight is 289 g/mol. The molecule has 0 radical (unpaired) electrons. The number of hydrogen-bond donors (Lipinski definition) is 2. The van der Waals surface area contributed by atoms with Crippen LogP contribution >= 0.6 is 0 Å². The third-order valence-electron chi connectivity index (χ3n) is 3.94. The van der Waals surface area contributed by atoms with E-state index in [-0.39, 0.29) is 11.9 Å². The average Bonchev–Trinajstić information content (AvgIpc) is 3.24. The van der Waals surface area contributed by atoms with Crippen molar-refractivity contribution in [2.75, 3.05) is 6.54 Å². The molecule has 0 bridgehead atoms. The van der Waals surface area contributed by atoms with Gasteiger partial charge in [0.05, 0.1) is 24.3 Å². The molecule has 112 valence electrons. The summed E-state index contributed by atoms with van der Waals surface area (Å²) in [6, 6.07) is 3.79. The first kappa shape index (κ1) is 13.9. The SMILES string of the molecule is CCc1ccc(C2CCCN2C(=O)C(O)c2cnc[nH]2)o1. The van der Waals surface area contributed by atoms with Crippen molar-refractivity contribution in [1.29, 1.82) is 0 Å². The van der Waals surface area contributed by atoms with E-state index in [1.54, 1.807) is 4.90 Å². The van der Waals surface area contributed by atoms with Gasteiger partial charge >= 0.3 is 0 Å². The smallest absolute Gasteiger partial charge is 0.258 e. The van der Waals surface area contributed by atoms with E-state index in [0.717, 1.165) is 30.8 Å². The predicted molar refractivity (Wildman–Crippen MR) is 75.3 cm³/mol. The number of furan rings is 1. The van der Waals surface area contributed by atoms with Crippen molar-refractivity contribution in [1.82, 2.24) is 14.9 Å². The minimum Gasteiger partial charge on any atom is -0.464 e. The molecule has 2 N–H and O–H groups in total. The quantitative estimate of drug-likeness (QED) is 0.901. The lowest BCUT2D eigenvalue weighted by Gasteiger charge is -2.25. The number of imidazole rings is 1. The Hall–Kier alpha value is -2.08. The van der Waals surface area contributed by atoms with Crippen LogP contribution in [-0.2, 0) is 11.2 Å². The van der Waals surface area contributed by atoms with Gasteiger partial charge in [-0.25, -0.2) is 4.98 Å². The first-order chi connectivity index (χ1) is 10.2. The van der Waals surface area contributed by atoms with E-state index in [9.17, 15) is 9.90 Å². The van der Waals surface area contributed by atoms with Crippen LogP contribution in [0.4, 0.5) is 0 Å². The lowest BCUT2D eigenvalue weighted by atomic mass is 10.1. The molecule has 2 atom stereocenters. The lowest BCUT2D eigenvalue weighted by molar-refractivity contribution is -0.142. The van der Waals surface area contributed by atoms with Crippen molar-refractivity contribution in [2.24, 2.45) is 0 Å². The fourth-order valence-electron chi connectivity index (χ4n) is 2.80. The molecule has 1 fully saturated rings. The molecule has 1 saturated heterocycles. The maximum Gasteiger partial charge on any atom is 0.258 e. The number of aromatic nitrogens is 2. The molecule has 0 saturated carbocycles.